The molecule has 0 radical (unpaired) electrons. The molecule has 0 amide bonds. The number of para-hydroxylation sites is 2. The maximum atomic E-state index is 13.5. The molecule has 0 aliphatic rings. The van der Waals surface area contributed by atoms with Crippen molar-refractivity contribution in [3.05, 3.63) is 77.2 Å². The summed E-state index contributed by atoms with van der Waals surface area (Å²) >= 11 is 3.09. The molecule has 0 saturated carbocycles. The molecular formula is C27H21N3O2S2. The quantitative estimate of drug-likeness (QED) is 0.243. The van der Waals surface area contributed by atoms with Crippen molar-refractivity contribution in [1.29, 1.82) is 0 Å². The predicted molar refractivity (Wildman–Crippen MR) is 143 cm³/mol. The van der Waals surface area contributed by atoms with Gasteiger partial charge in [-0.05, 0) is 50.2 Å². The summed E-state index contributed by atoms with van der Waals surface area (Å²) in [4.78, 5) is 25.4. The molecule has 0 spiro atoms. The van der Waals surface area contributed by atoms with Crippen molar-refractivity contribution in [2.24, 2.45) is 0 Å². The molecule has 0 fully saturated rings. The van der Waals surface area contributed by atoms with Crippen molar-refractivity contribution in [2.45, 2.75) is 13.8 Å². The average Bonchev–Trinajstić information content (AvgIpc) is 3.47. The lowest BCUT2D eigenvalue weighted by atomic mass is 10.0. The molecule has 0 atom stereocenters. The molecule has 0 N–H and O–H groups in total. The van der Waals surface area contributed by atoms with Crippen LogP contribution in [0, 0.1) is 0 Å². The third kappa shape index (κ3) is 3.40. The Morgan fingerprint density at radius 2 is 1.38 bits per heavy atom. The van der Waals surface area contributed by atoms with Gasteiger partial charge in [0.1, 0.15) is 21.2 Å². The summed E-state index contributed by atoms with van der Waals surface area (Å²) < 4.78 is 8.03. The first kappa shape index (κ1) is 21.0. The van der Waals surface area contributed by atoms with Gasteiger partial charge in [0.15, 0.2) is 0 Å². The summed E-state index contributed by atoms with van der Waals surface area (Å²) in [6.45, 7) is 5.99. The van der Waals surface area contributed by atoms with Crippen LogP contribution in [0.2, 0.25) is 0 Å². The lowest BCUT2D eigenvalue weighted by Crippen LogP contribution is -2.21. The van der Waals surface area contributed by atoms with Gasteiger partial charge < -0.3 is 9.32 Å². The number of anilines is 1. The highest BCUT2D eigenvalue weighted by Gasteiger charge is 2.24. The Balaban J connectivity index is 1.68. The Kier molecular flexibility index (Phi) is 5.16. The van der Waals surface area contributed by atoms with Crippen LogP contribution in [-0.2, 0) is 0 Å². The Bertz CT molecular complexity index is 1660. The fraction of sp³-hybridized carbons (Fsp3) is 0.148. The van der Waals surface area contributed by atoms with Crippen LogP contribution in [0.15, 0.2) is 75.9 Å². The highest BCUT2D eigenvalue weighted by molar-refractivity contribution is 7.22. The maximum Gasteiger partial charge on any atom is 0.347 e. The van der Waals surface area contributed by atoms with Crippen molar-refractivity contribution >= 4 is 59.8 Å². The third-order valence-electron chi connectivity index (χ3n) is 6.04. The second kappa shape index (κ2) is 8.34. The molecule has 6 rings (SSSR count). The van der Waals surface area contributed by atoms with Crippen LogP contribution < -0.4 is 10.5 Å². The molecule has 0 saturated heterocycles. The average molecular weight is 484 g/mol. The molecule has 6 aromatic rings. The Morgan fingerprint density at radius 1 is 0.794 bits per heavy atom. The minimum Gasteiger partial charge on any atom is -0.422 e. The molecule has 3 aromatic carbocycles. The van der Waals surface area contributed by atoms with E-state index in [0.29, 0.717) is 16.2 Å². The van der Waals surface area contributed by atoms with Crippen LogP contribution in [0.4, 0.5) is 5.69 Å². The van der Waals surface area contributed by atoms with Gasteiger partial charge in [-0.3, -0.25) is 0 Å². The number of hydrogen-bond acceptors (Lipinski definition) is 7. The van der Waals surface area contributed by atoms with Crippen LogP contribution >= 0.6 is 22.7 Å². The van der Waals surface area contributed by atoms with Crippen molar-refractivity contribution in [3.8, 4) is 21.1 Å². The molecular weight excluding hydrogens is 462 g/mol. The van der Waals surface area contributed by atoms with Crippen LogP contribution in [-0.4, -0.2) is 23.1 Å². The summed E-state index contributed by atoms with van der Waals surface area (Å²) in [6, 6.07) is 22.1. The Labute approximate surface area is 203 Å². The number of benzene rings is 3. The lowest BCUT2D eigenvalue weighted by Gasteiger charge is -2.21. The molecule has 0 bridgehead atoms. The third-order valence-corrected chi connectivity index (χ3v) is 8.14. The zero-order valence-electron chi connectivity index (χ0n) is 18.7. The molecule has 3 heterocycles. The molecule has 168 valence electrons. The molecule has 34 heavy (non-hydrogen) atoms. The highest BCUT2D eigenvalue weighted by Crippen LogP contribution is 2.42. The first-order valence-corrected chi connectivity index (χ1v) is 12.9. The van der Waals surface area contributed by atoms with Crippen LogP contribution in [0.3, 0.4) is 0 Å². The van der Waals surface area contributed by atoms with Gasteiger partial charge >= 0.3 is 5.63 Å². The second-order valence-electron chi connectivity index (χ2n) is 7.97. The number of thiazole rings is 2. The van der Waals surface area contributed by atoms with Gasteiger partial charge in [-0.25, -0.2) is 14.8 Å². The SMILES string of the molecule is CCN(CC)c1ccc2c(-c3nc4ccccc4s3)c(-c3nc4ccccc4s3)c(=O)oc2c1. The van der Waals surface area contributed by atoms with E-state index in [0.717, 1.165) is 55.2 Å². The number of nitrogens with zero attached hydrogens (tertiary/aromatic N) is 3. The summed E-state index contributed by atoms with van der Waals surface area (Å²) in [5.74, 6) is 0. The van der Waals surface area contributed by atoms with Crippen molar-refractivity contribution in [1.82, 2.24) is 9.97 Å². The van der Waals surface area contributed by atoms with Gasteiger partial charge in [-0.15, -0.1) is 22.7 Å². The summed E-state index contributed by atoms with van der Waals surface area (Å²) in [7, 11) is 0. The topological polar surface area (TPSA) is 59.2 Å². The van der Waals surface area contributed by atoms with Crippen LogP contribution in [0.25, 0.3) is 52.5 Å². The second-order valence-corrected chi connectivity index (χ2v) is 10.0. The normalized spacial score (nSPS) is 11.6. The zero-order valence-corrected chi connectivity index (χ0v) is 20.4. The van der Waals surface area contributed by atoms with E-state index in [4.69, 9.17) is 14.4 Å². The molecule has 7 heteroatoms. The highest BCUT2D eigenvalue weighted by atomic mass is 32.1. The van der Waals surface area contributed by atoms with E-state index < -0.39 is 5.63 Å². The lowest BCUT2D eigenvalue weighted by molar-refractivity contribution is 0.564. The van der Waals surface area contributed by atoms with Gasteiger partial charge in [0.2, 0.25) is 0 Å². The Morgan fingerprint density at radius 3 is 1.97 bits per heavy atom. The van der Waals surface area contributed by atoms with E-state index in [1.165, 1.54) is 11.3 Å². The number of hydrogen-bond donors (Lipinski definition) is 0. The summed E-state index contributed by atoms with van der Waals surface area (Å²) in [6.07, 6.45) is 0. The maximum absolute atomic E-state index is 13.5. The molecule has 0 aliphatic carbocycles. The fourth-order valence-corrected chi connectivity index (χ4v) is 6.39. The first-order valence-electron chi connectivity index (χ1n) is 11.2. The van der Waals surface area contributed by atoms with Crippen molar-refractivity contribution in [3.63, 3.8) is 0 Å². The monoisotopic (exact) mass is 483 g/mol. The van der Waals surface area contributed by atoms with Crippen molar-refractivity contribution in [2.75, 3.05) is 18.0 Å². The van der Waals surface area contributed by atoms with Gasteiger partial charge in [0, 0.05) is 35.8 Å². The fourth-order valence-electron chi connectivity index (χ4n) is 4.35. The standard InChI is InChI=1S/C27H21N3O2S2/c1-3-30(4-2)16-13-14-17-20(15-16)32-27(31)24(26-29-19-10-6-8-12-22(19)34-26)23(17)25-28-18-9-5-7-11-21(18)33-25/h5-15H,3-4H2,1-2H3. The number of rotatable bonds is 5. The van der Waals surface area contributed by atoms with E-state index in [1.54, 1.807) is 11.3 Å². The molecule has 5 nitrogen and oxygen atoms in total. The predicted octanol–water partition coefficient (Wildman–Crippen LogP) is 7.19. The van der Waals surface area contributed by atoms with E-state index in [9.17, 15) is 4.79 Å². The van der Waals surface area contributed by atoms with Gasteiger partial charge in [0.25, 0.3) is 0 Å². The molecule has 3 aromatic heterocycles. The zero-order chi connectivity index (χ0) is 23.2. The summed E-state index contributed by atoms with van der Waals surface area (Å²) in [5, 5.41) is 2.31. The van der Waals surface area contributed by atoms with E-state index in [-0.39, 0.29) is 0 Å². The van der Waals surface area contributed by atoms with Gasteiger partial charge in [-0.1, -0.05) is 24.3 Å². The van der Waals surface area contributed by atoms with Crippen molar-refractivity contribution < 1.29 is 4.42 Å². The van der Waals surface area contributed by atoms with E-state index in [2.05, 4.69) is 30.9 Å². The Hall–Kier alpha value is -3.55. The number of aromatic nitrogens is 2. The largest absolute Gasteiger partial charge is 0.422 e. The van der Waals surface area contributed by atoms with Crippen LogP contribution in [0.1, 0.15) is 13.8 Å². The first-order chi connectivity index (χ1) is 16.7. The summed E-state index contributed by atoms with van der Waals surface area (Å²) in [5.41, 5.74) is 4.25. The van der Waals surface area contributed by atoms with Gasteiger partial charge in [0.05, 0.1) is 20.4 Å². The smallest absolute Gasteiger partial charge is 0.347 e. The number of fused-ring (bicyclic) bond motifs is 3. The van der Waals surface area contributed by atoms with E-state index >= 15 is 0 Å². The minimum absolute atomic E-state index is 0.391. The minimum atomic E-state index is -0.391. The molecule has 0 aliphatic heterocycles. The van der Waals surface area contributed by atoms with Crippen LogP contribution in [0.5, 0.6) is 0 Å². The van der Waals surface area contributed by atoms with Gasteiger partial charge in [-0.2, -0.15) is 0 Å². The van der Waals surface area contributed by atoms with E-state index in [1.807, 2.05) is 54.6 Å². The molecule has 0 unspecified atom stereocenters.